The predicted molar refractivity (Wildman–Crippen MR) is 48.6 cm³/mol. The number of ether oxygens (including phenoxy) is 1. The molecule has 0 N–H and O–H groups in total. The SMILES string of the molecule is CC#CCCCCCC(=O)OC. The zero-order chi connectivity index (χ0) is 9.23. The molecule has 0 radical (unpaired) electrons. The first-order chi connectivity index (χ1) is 5.81. The van der Waals surface area contributed by atoms with Crippen LogP contribution in [-0.2, 0) is 9.53 Å². The van der Waals surface area contributed by atoms with E-state index in [0.717, 1.165) is 25.7 Å². The van der Waals surface area contributed by atoms with E-state index in [1.807, 2.05) is 6.92 Å². The second-order valence-electron chi connectivity index (χ2n) is 2.56. The molecule has 0 aliphatic rings. The molecule has 0 aromatic heterocycles. The molecule has 2 nitrogen and oxygen atoms in total. The van der Waals surface area contributed by atoms with Crippen LogP contribution >= 0.6 is 0 Å². The van der Waals surface area contributed by atoms with Gasteiger partial charge in [-0.2, -0.15) is 0 Å². The summed E-state index contributed by atoms with van der Waals surface area (Å²) in [4.78, 5) is 10.7. The van der Waals surface area contributed by atoms with E-state index in [4.69, 9.17) is 0 Å². The molecule has 0 saturated heterocycles. The highest BCUT2D eigenvalue weighted by atomic mass is 16.5. The number of esters is 1. The van der Waals surface area contributed by atoms with E-state index in [-0.39, 0.29) is 5.97 Å². The lowest BCUT2D eigenvalue weighted by molar-refractivity contribution is -0.140. The summed E-state index contributed by atoms with van der Waals surface area (Å²) in [5.74, 6) is 5.71. The van der Waals surface area contributed by atoms with Gasteiger partial charge in [-0.1, -0.05) is 6.42 Å². The summed E-state index contributed by atoms with van der Waals surface area (Å²) < 4.78 is 4.51. The molecule has 0 aromatic carbocycles. The first kappa shape index (κ1) is 11.0. The first-order valence-corrected chi connectivity index (χ1v) is 4.27. The molecule has 0 saturated carbocycles. The van der Waals surface area contributed by atoms with Gasteiger partial charge in [-0.05, 0) is 19.8 Å². The third kappa shape index (κ3) is 7.14. The Morgan fingerprint density at radius 3 is 2.67 bits per heavy atom. The third-order valence-electron chi connectivity index (χ3n) is 1.59. The molecular weight excluding hydrogens is 152 g/mol. The van der Waals surface area contributed by atoms with Crippen LogP contribution in [0.3, 0.4) is 0 Å². The molecule has 0 aromatic rings. The lowest BCUT2D eigenvalue weighted by atomic mass is 10.1. The zero-order valence-corrected chi connectivity index (χ0v) is 7.85. The summed E-state index contributed by atoms with van der Waals surface area (Å²) >= 11 is 0. The van der Waals surface area contributed by atoms with Crippen LogP contribution in [0.2, 0.25) is 0 Å². The number of unbranched alkanes of at least 4 members (excludes halogenated alkanes) is 3. The quantitative estimate of drug-likeness (QED) is 0.357. The maximum absolute atomic E-state index is 10.7. The number of hydrogen-bond acceptors (Lipinski definition) is 2. The number of methoxy groups -OCH3 is 1. The summed E-state index contributed by atoms with van der Waals surface area (Å²) in [5.41, 5.74) is 0. The van der Waals surface area contributed by atoms with Gasteiger partial charge < -0.3 is 4.74 Å². The van der Waals surface area contributed by atoms with E-state index < -0.39 is 0 Å². The molecule has 0 heterocycles. The second-order valence-corrected chi connectivity index (χ2v) is 2.56. The molecule has 0 bridgehead atoms. The lowest BCUT2D eigenvalue weighted by Gasteiger charge is -1.97. The van der Waals surface area contributed by atoms with Crippen molar-refractivity contribution in [2.24, 2.45) is 0 Å². The molecule has 0 unspecified atom stereocenters. The van der Waals surface area contributed by atoms with E-state index in [1.165, 1.54) is 7.11 Å². The highest BCUT2D eigenvalue weighted by Gasteiger charge is 1.97. The maximum atomic E-state index is 10.7. The molecule has 0 fully saturated rings. The van der Waals surface area contributed by atoms with Gasteiger partial charge in [0.05, 0.1) is 7.11 Å². The Morgan fingerprint density at radius 2 is 2.08 bits per heavy atom. The number of carbonyl (C=O) groups is 1. The van der Waals surface area contributed by atoms with Gasteiger partial charge in [0, 0.05) is 12.8 Å². The molecule has 2 heteroatoms. The normalized spacial score (nSPS) is 8.50. The van der Waals surface area contributed by atoms with Gasteiger partial charge in [-0.15, -0.1) is 11.8 Å². The summed E-state index contributed by atoms with van der Waals surface area (Å²) in [7, 11) is 1.42. The minimum absolute atomic E-state index is 0.114. The fourth-order valence-corrected chi connectivity index (χ4v) is 0.887. The van der Waals surface area contributed by atoms with Crippen LogP contribution in [0.5, 0.6) is 0 Å². The molecule has 0 spiro atoms. The largest absolute Gasteiger partial charge is 0.469 e. The van der Waals surface area contributed by atoms with Crippen LogP contribution in [-0.4, -0.2) is 13.1 Å². The van der Waals surface area contributed by atoms with E-state index in [9.17, 15) is 4.79 Å². The van der Waals surface area contributed by atoms with Crippen molar-refractivity contribution in [2.45, 2.75) is 39.0 Å². The van der Waals surface area contributed by atoms with Crippen molar-refractivity contribution in [3.63, 3.8) is 0 Å². The van der Waals surface area contributed by atoms with Gasteiger partial charge in [0.15, 0.2) is 0 Å². The van der Waals surface area contributed by atoms with Crippen LogP contribution in [0.15, 0.2) is 0 Å². The van der Waals surface area contributed by atoms with Crippen molar-refractivity contribution in [1.82, 2.24) is 0 Å². The monoisotopic (exact) mass is 168 g/mol. The van der Waals surface area contributed by atoms with Crippen molar-refractivity contribution in [3.05, 3.63) is 0 Å². The number of rotatable bonds is 5. The minimum Gasteiger partial charge on any atom is -0.469 e. The average Bonchev–Trinajstić information content (AvgIpc) is 2.10. The fourth-order valence-electron chi connectivity index (χ4n) is 0.887. The van der Waals surface area contributed by atoms with E-state index in [2.05, 4.69) is 16.6 Å². The van der Waals surface area contributed by atoms with Gasteiger partial charge in [-0.3, -0.25) is 4.79 Å². The Hall–Kier alpha value is -0.970. The van der Waals surface area contributed by atoms with Crippen LogP contribution in [0.4, 0.5) is 0 Å². The number of hydrogen-bond donors (Lipinski definition) is 0. The van der Waals surface area contributed by atoms with Crippen LogP contribution in [0.1, 0.15) is 39.0 Å². The number of carbonyl (C=O) groups excluding carboxylic acids is 1. The van der Waals surface area contributed by atoms with Crippen LogP contribution in [0.25, 0.3) is 0 Å². The second kappa shape index (κ2) is 8.13. The van der Waals surface area contributed by atoms with Gasteiger partial charge in [0.25, 0.3) is 0 Å². The van der Waals surface area contributed by atoms with E-state index in [0.29, 0.717) is 6.42 Å². The van der Waals surface area contributed by atoms with Gasteiger partial charge in [-0.25, -0.2) is 0 Å². The molecule has 68 valence electrons. The van der Waals surface area contributed by atoms with E-state index >= 15 is 0 Å². The molecular formula is C10H16O2. The van der Waals surface area contributed by atoms with Gasteiger partial charge >= 0.3 is 5.97 Å². The lowest BCUT2D eigenvalue weighted by Crippen LogP contribution is -1.98. The average molecular weight is 168 g/mol. The van der Waals surface area contributed by atoms with Crippen molar-refractivity contribution in [3.8, 4) is 11.8 Å². The topological polar surface area (TPSA) is 26.3 Å². The Kier molecular flexibility index (Phi) is 7.47. The molecule has 0 rings (SSSR count). The Morgan fingerprint density at radius 1 is 1.33 bits per heavy atom. The summed E-state index contributed by atoms with van der Waals surface area (Å²) in [5, 5.41) is 0. The Labute approximate surface area is 74.3 Å². The minimum atomic E-state index is -0.114. The first-order valence-electron chi connectivity index (χ1n) is 4.27. The van der Waals surface area contributed by atoms with Crippen molar-refractivity contribution < 1.29 is 9.53 Å². The summed E-state index contributed by atoms with van der Waals surface area (Å²) in [6.07, 6.45) is 4.54. The molecule has 0 amide bonds. The smallest absolute Gasteiger partial charge is 0.305 e. The van der Waals surface area contributed by atoms with E-state index in [1.54, 1.807) is 0 Å². The molecule has 12 heavy (non-hydrogen) atoms. The molecule has 0 aliphatic carbocycles. The van der Waals surface area contributed by atoms with Crippen LogP contribution in [0, 0.1) is 11.8 Å². The predicted octanol–water partition coefficient (Wildman–Crippen LogP) is 2.13. The fraction of sp³-hybridized carbons (Fsp3) is 0.700. The van der Waals surface area contributed by atoms with Crippen LogP contribution < -0.4 is 0 Å². The van der Waals surface area contributed by atoms with Crippen molar-refractivity contribution >= 4 is 5.97 Å². The van der Waals surface area contributed by atoms with Crippen molar-refractivity contribution in [2.75, 3.05) is 7.11 Å². The molecule has 0 aliphatic heterocycles. The van der Waals surface area contributed by atoms with Gasteiger partial charge in [0.1, 0.15) is 0 Å². The van der Waals surface area contributed by atoms with Crippen molar-refractivity contribution in [1.29, 1.82) is 0 Å². The van der Waals surface area contributed by atoms with Gasteiger partial charge in [0.2, 0.25) is 0 Å². The Bertz CT molecular complexity index is 174. The third-order valence-corrected chi connectivity index (χ3v) is 1.59. The zero-order valence-electron chi connectivity index (χ0n) is 7.85. The summed E-state index contributed by atoms with van der Waals surface area (Å²) in [6, 6.07) is 0. The molecule has 0 atom stereocenters. The highest BCUT2D eigenvalue weighted by Crippen LogP contribution is 2.02. The standard InChI is InChI=1S/C10H16O2/c1-3-4-5-6-7-8-9-10(11)12-2/h5-9H2,1-2H3. The maximum Gasteiger partial charge on any atom is 0.305 e. The highest BCUT2D eigenvalue weighted by molar-refractivity contribution is 5.68. The Balaban J connectivity index is 3.09. The summed E-state index contributed by atoms with van der Waals surface area (Å²) in [6.45, 7) is 1.84.